The summed E-state index contributed by atoms with van der Waals surface area (Å²) in [5.41, 5.74) is 1.86. The fraction of sp³-hybridized carbons (Fsp3) is 0.176. The first-order valence-corrected chi connectivity index (χ1v) is 7.37. The number of hydrogen-bond acceptors (Lipinski definition) is 5. The number of methoxy groups -OCH3 is 1. The minimum absolute atomic E-state index is 0.199. The Hall–Kier alpha value is -3.22. The van der Waals surface area contributed by atoms with Crippen molar-refractivity contribution in [2.75, 3.05) is 19.2 Å². The average Bonchev–Trinajstić information content (AvgIpc) is 3.16. The van der Waals surface area contributed by atoms with Crippen molar-refractivity contribution in [3.05, 3.63) is 42.0 Å². The second-order valence-corrected chi connectivity index (χ2v) is 5.39. The van der Waals surface area contributed by atoms with E-state index in [0.29, 0.717) is 34.1 Å². The Bertz CT molecular complexity index is 948. The highest BCUT2D eigenvalue weighted by atomic mass is 16.7. The lowest BCUT2D eigenvalue weighted by Crippen LogP contribution is -2.11. The fourth-order valence-corrected chi connectivity index (χ4v) is 2.74. The van der Waals surface area contributed by atoms with Crippen molar-refractivity contribution in [3.63, 3.8) is 0 Å². The van der Waals surface area contributed by atoms with Crippen molar-refractivity contribution in [1.82, 2.24) is 9.78 Å². The summed E-state index contributed by atoms with van der Waals surface area (Å²) in [6.07, 6.45) is 0. The number of aryl methyl sites for hydroxylation is 1. The number of carbonyl (C=O) groups is 1. The number of aromatic nitrogens is 2. The summed E-state index contributed by atoms with van der Waals surface area (Å²) >= 11 is 0. The third kappa shape index (κ3) is 2.30. The smallest absolute Gasteiger partial charge is 0.255 e. The molecule has 0 fully saturated rings. The van der Waals surface area contributed by atoms with Crippen LogP contribution in [0.1, 0.15) is 10.4 Å². The highest BCUT2D eigenvalue weighted by molar-refractivity contribution is 6.06. The highest BCUT2D eigenvalue weighted by Crippen LogP contribution is 2.34. The first kappa shape index (κ1) is 14.4. The molecule has 24 heavy (non-hydrogen) atoms. The maximum absolute atomic E-state index is 12.5. The van der Waals surface area contributed by atoms with Gasteiger partial charge in [-0.05, 0) is 30.3 Å². The van der Waals surface area contributed by atoms with E-state index in [1.807, 2.05) is 6.07 Å². The predicted molar refractivity (Wildman–Crippen MR) is 87.8 cm³/mol. The van der Waals surface area contributed by atoms with E-state index >= 15 is 0 Å². The van der Waals surface area contributed by atoms with Crippen LogP contribution in [0.3, 0.4) is 0 Å². The molecule has 3 aromatic rings. The van der Waals surface area contributed by atoms with Crippen LogP contribution < -0.4 is 19.5 Å². The molecule has 0 radical (unpaired) electrons. The van der Waals surface area contributed by atoms with Crippen molar-refractivity contribution in [1.29, 1.82) is 0 Å². The molecule has 7 heteroatoms. The Morgan fingerprint density at radius 2 is 2.04 bits per heavy atom. The third-order valence-corrected chi connectivity index (χ3v) is 3.87. The number of benzene rings is 2. The average molecular weight is 325 g/mol. The van der Waals surface area contributed by atoms with Gasteiger partial charge in [-0.25, -0.2) is 4.68 Å². The van der Waals surface area contributed by atoms with Crippen LogP contribution >= 0.6 is 0 Å². The van der Waals surface area contributed by atoms with Crippen molar-refractivity contribution >= 4 is 22.5 Å². The molecule has 1 aliphatic rings. The van der Waals surface area contributed by atoms with Crippen LogP contribution in [-0.4, -0.2) is 29.6 Å². The molecule has 0 unspecified atom stereocenters. The minimum Gasteiger partial charge on any atom is -0.481 e. The normalized spacial score (nSPS) is 12.4. The van der Waals surface area contributed by atoms with E-state index in [2.05, 4.69) is 10.4 Å². The van der Waals surface area contributed by atoms with E-state index < -0.39 is 0 Å². The molecule has 4 rings (SSSR count). The highest BCUT2D eigenvalue weighted by Gasteiger charge is 2.16. The third-order valence-electron chi connectivity index (χ3n) is 3.87. The Morgan fingerprint density at radius 1 is 1.21 bits per heavy atom. The molecule has 1 N–H and O–H groups in total. The van der Waals surface area contributed by atoms with Crippen molar-refractivity contribution in [2.45, 2.75) is 0 Å². The quantitative estimate of drug-likeness (QED) is 0.801. The molecular formula is C17H15N3O4. The largest absolute Gasteiger partial charge is 0.481 e. The van der Waals surface area contributed by atoms with Crippen molar-refractivity contribution in [2.24, 2.45) is 7.05 Å². The Balaban J connectivity index is 1.61. The fourth-order valence-electron chi connectivity index (χ4n) is 2.74. The first-order chi connectivity index (χ1) is 11.7. The number of anilines is 1. The van der Waals surface area contributed by atoms with E-state index in [0.717, 1.165) is 5.39 Å². The van der Waals surface area contributed by atoms with Crippen molar-refractivity contribution in [3.8, 4) is 17.4 Å². The van der Waals surface area contributed by atoms with E-state index in [1.165, 1.54) is 0 Å². The molecular weight excluding hydrogens is 310 g/mol. The number of hydrogen-bond donors (Lipinski definition) is 1. The van der Waals surface area contributed by atoms with Gasteiger partial charge in [-0.3, -0.25) is 4.79 Å². The van der Waals surface area contributed by atoms with E-state index in [-0.39, 0.29) is 12.7 Å². The van der Waals surface area contributed by atoms with Gasteiger partial charge in [-0.1, -0.05) is 0 Å². The summed E-state index contributed by atoms with van der Waals surface area (Å²) < 4.78 is 17.5. The van der Waals surface area contributed by atoms with Gasteiger partial charge in [0.15, 0.2) is 11.5 Å². The van der Waals surface area contributed by atoms with Gasteiger partial charge in [0.25, 0.3) is 5.91 Å². The van der Waals surface area contributed by atoms with Crippen LogP contribution in [0.5, 0.6) is 17.4 Å². The van der Waals surface area contributed by atoms with E-state index in [4.69, 9.17) is 14.2 Å². The molecule has 0 spiro atoms. The number of ether oxygens (including phenoxy) is 3. The van der Waals surface area contributed by atoms with Crippen LogP contribution in [0.2, 0.25) is 0 Å². The molecule has 1 aliphatic heterocycles. The molecule has 0 saturated carbocycles. The molecule has 0 aliphatic carbocycles. The summed E-state index contributed by atoms with van der Waals surface area (Å²) in [4.78, 5) is 12.5. The van der Waals surface area contributed by atoms with Crippen LogP contribution in [-0.2, 0) is 7.05 Å². The van der Waals surface area contributed by atoms with Gasteiger partial charge in [-0.2, -0.15) is 5.10 Å². The zero-order valence-corrected chi connectivity index (χ0v) is 13.2. The number of nitrogens with one attached hydrogen (secondary N) is 1. The topological polar surface area (TPSA) is 74.6 Å². The second-order valence-electron chi connectivity index (χ2n) is 5.39. The minimum atomic E-state index is -0.222. The first-order valence-electron chi connectivity index (χ1n) is 7.37. The lowest BCUT2D eigenvalue weighted by Gasteiger charge is -2.06. The van der Waals surface area contributed by atoms with Gasteiger partial charge in [0.2, 0.25) is 12.7 Å². The van der Waals surface area contributed by atoms with Crippen LogP contribution in [0.15, 0.2) is 36.4 Å². The lowest BCUT2D eigenvalue weighted by atomic mass is 10.1. The number of nitrogens with zero attached hydrogens (tertiary/aromatic N) is 2. The molecule has 1 amide bonds. The molecule has 0 saturated heterocycles. The molecule has 0 bridgehead atoms. The Labute approximate surface area is 137 Å². The summed E-state index contributed by atoms with van der Waals surface area (Å²) in [6.45, 7) is 0.199. The standard InChI is InChI=1S/C17H15N3O4/c1-20-17(22-2)12-5-3-10(7-13(12)19-20)16(21)18-11-4-6-14-15(8-11)24-9-23-14/h3-8H,9H2,1-2H3,(H,18,21). The van der Waals surface area contributed by atoms with Gasteiger partial charge in [-0.15, -0.1) is 0 Å². The van der Waals surface area contributed by atoms with Gasteiger partial charge in [0.1, 0.15) is 0 Å². The van der Waals surface area contributed by atoms with Gasteiger partial charge < -0.3 is 19.5 Å². The molecule has 0 atom stereocenters. The molecule has 2 aromatic carbocycles. The second kappa shape index (κ2) is 5.45. The van der Waals surface area contributed by atoms with Gasteiger partial charge >= 0.3 is 0 Å². The Morgan fingerprint density at radius 3 is 2.88 bits per heavy atom. The maximum Gasteiger partial charge on any atom is 0.255 e. The van der Waals surface area contributed by atoms with Crippen LogP contribution in [0.25, 0.3) is 10.9 Å². The van der Waals surface area contributed by atoms with E-state index in [9.17, 15) is 4.79 Å². The van der Waals surface area contributed by atoms with Crippen LogP contribution in [0.4, 0.5) is 5.69 Å². The van der Waals surface area contributed by atoms with Crippen molar-refractivity contribution < 1.29 is 19.0 Å². The number of amides is 1. The zero-order chi connectivity index (χ0) is 16.7. The van der Waals surface area contributed by atoms with Gasteiger partial charge in [0, 0.05) is 24.4 Å². The molecule has 7 nitrogen and oxygen atoms in total. The number of fused-ring (bicyclic) bond motifs is 2. The summed E-state index contributed by atoms with van der Waals surface area (Å²) in [6, 6.07) is 10.6. The van der Waals surface area contributed by atoms with Gasteiger partial charge in [0.05, 0.1) is 18.0 Å². The monoisotopic (exact) mass is 325 g/mol. The summed E-state index contributed by atoms with van der Waals surface area (Å²) in [5, 5.41) is 8.06. The lowest BCUT2D eigenvalue weighted by molar-refractivity contribution is 0.102. The summed E-state index contributed by atoms with van der Waals surface area (Å²) in [5.74, 6) is 1.74. The molecule has 122 valence electrons. The zero-order valence-electron chi connectivity index (χ0n) is 13.2. The molecule has 1 aromatic heterocycles. The van der Waals surface area contributed by atoms with E-state index in [1.54, 1.807) is 49.2 Å². The Kier molecular flexibility index (Phi) is 3.26. The maximum atomic E-state index is 12.5. The molecule has 2 heterocycles. The predicted octanol–water partition coefficient (Wildman–Crippen LogP) is 2.56. The number of carbonyl (C=O) groups excluding carboxylic acids is 1. The van der Waals surface area contributed by atoms with Crippen LogP contribution in [0, 0.1) is 0 Å². The number of rotatable bonds is 3. The SMILES string of the molecule is COc1c2ccc(C(=O)Nc3ccc4c(c3)OCO4)cc2nn1C. The summed E-state index contributed by atoms with van der Waals surface area (Å²) in [7, 11) is 3.39.